The standard InChI is InChI=1S/C31H47N7O4S2/c1-21-27(43-20-34-21)24-7-5-23(6-8-24)18-33-29(41)26-17-25(40)19-38(26)30(42)28(35-22(2)39)31(3,4)44-16-15-37-13-11-36(10-9-32)12-14-37/h5-8,20,25-26,28,40H,9-19,32H2,1-4H3,(H,33,41)(H,35,39)/t25-,26+,28-/m1/s1. The second-order valence-corrected chi connectivity index (χ2v) is 14.7. The van der Waals surface area contributed by atoms with E-state index in [9.17, 15) is 19.5 Å². The molecular weight excluding hydrogens is 599 g/mol. The number of likely N-dealkylation sites (tertiary alicyclic amines) is 1. The van der Waals surface area contributed by atoms with Crippen molar-refractivity contribution in [3.05, 3.63) is 41.0 Å². The molecule has 44 heavy (non-hydrogen) atoms. The maximum absolute atomic E-state index is 14.0. The van der Waals surface area contributed by atoms with Crippen LogP contribution in [-0.4, -0.2) is 124 Å². The lowest BCUT2D eigenvalue weighted by Crippen LogP contribution is -2.59. The largest absolute Gasteiger partial charge is 0.391 e. The van der Waals surface area contributed by atoms with Gasteiger partial charge in [0.1, 0.15) is 12.1 Å². The third kappa shape index (κ3) is 9.01. The van der Waals surface area contributed by atoms with Crippen molar-refractivity contribution in [3.63, 3.8) is 0 Å². The number of amides is 3. The minimum Gasteiger partial charge on any atom is -0.391 e. The Bertz CT molecular complexity index is 1260. The molecular formula is C31H47N7O4S2. The molecule has 3 heterocycles. The molecule has 2 aromatic rings. The number of rotatable bonds is 13. The minimum atomic E-state index is -0.852. The first-order valence-corrected chi connectivity index (χ1v) is 17.2. The first-order chi connectivity index (χ1) is 21.0. The van der Waals surface area contributed by atoms with E-state index in [1.54, 1.807) is 23.1 Å². The Morgan fingerprint density at radius 2 is 1.80 bits per heavy atom. The van der Waals surface area contributed by atoms with Crippen molar-refractivity contribution in [1.29, 1.82) is 0 Å². The Labute approximate surface area is 268 Å². The van der Waals surface area contributed by atoms with Gasteiger partial charge in [0.15, 0.2) is 0 Å². The van der Waals surface area contributed by atoms with Gasteiger partial charge in [-0.2, -0.15) is 11.8 Å². The van der Waals surface area contributed by atoms with Gasteiger partial charge in [-0.15, -0.1) is 11.3 Å². The van der Waals surface area contributed by atoms with Gasteiger partial charge in [0.2, 0.25) is 17.7 Å². The average molecular weight is 646 g/mol. The Hall–Kier alpha value is -2.55. The van der Waals surface area contributed by atoms with Crippen LogP contribution in [0.15, 0.2) is 29.8 Å². The molecule has 2 fully saturated rings. The highest BCUT2D eigenvalue weighted by Crippen LogP contribution is 2.32. The average Bonchev–Trinajstić information content (AvgIpc) is 3.60. The Morgan fingerprint density at radius 1 is 1.14 bits per heavy atom. The summed E-state index contributed by atoms with van der Waals surface area (Å²) in [7, 11) is 0. The van der Waals surface area contributed by atoms with E-state index in [1.165, 1.54) is 11.8 Å². The van der Waals surface area contributed by atoms with Crippen LogP contribution in [0.25, 0.3) is 10.4 Å². The number of benzene rings is 1. The maximum Gasteiger partial charge on any atom is 0.247 e. The summed E-state index contributed by atoms with van der Waals surface area (Å²) in [6, 6.07) is 6.28. The molecule has 2 saturated heterocycles. The van der Waals surface area contributed by atoms with Gasteiger partial charge in [-0.05, 0) is 31.9 Å². The monoisotopic (exact) mass is 645 g/mol. The lowest BCUT2D eigenvalue weighted by atomic mass is 10.0. The van der Waals surface area contributed by atoms with Crippen molar-refractivity contribution < 1.29 is 19.5 Å². The van der Waals surface area contributed by atoms with Crippen LogP contribution in [0.3, 0.4) is 0 Å². The zero-order chi connectivity index (χ0) is 31.9. The molecule has 3 amide bonds. The summed E-state index contributed by atoms with van der Waals surface area (Å²) >= 11 is 3.23. The number of piperazine rings is 1. The predicted molar refractivity (Wildman–Crippen MR) is 176 cm³/mol. The molecule has 0 aliphatic carbocycles. The van der Waals surface area contributed by atoms with E-state index < -0.39 is 22.9 Å². The fourth-order valence-corrected chi connectivity index (χ4v) is 7.82. The van der Waals surface area contributed by atoms with Gasteiger partial charge in [0.05, 0.1) is 22.2 Å². The summed E-state index contributed by atoms with van der Waals surface area (Å²) in [6.45, 7) is 14.0. The lowest BCUT2D eigenvalue weighted by molar-refractivity contribution is -0.142. The van der Waals surface area contributed by atoms with Crippen LogP contribution in [0.5, 0.6) is 0 Å². The number of hydrogen-bond acceptors (Lipinski definition) is 10. The van der Waals surface area contributed by atoms with Crippen LogP contribution in [0, 0.1) is 6.92 Å². The number of carbonyl (C=O) groups excluding carboxylic acids is 3. The third-order valence-corrected chi connectivity index (χ3v) is 10.7. The van der Waals surface area contributed by atoms with Crippen molar-refractivity contribution in [1.82, 2.24) is 30.3 Å². The summed E-state index contributed by atoms with van der Waals surface area (Å²) in [4.78, 5) is 51.2. The van der Waals surface area contributed by atoms with E-state index in [1.807, 2.05) is 50.5 Å². The summed E-state index contributed by atoms with van der Waals surface area (Å²) in [5, 5.41) is 16.3. The lowest BCUT2D eigenvalue weighted by Gasteiger charge is -2.38. The van der Waals surface area contributed by atoms with E-state index in [2.05, 4.69) is 25.4 Å². The van der Waals surface area contributed by atoms with E-state index in [0.29, 0.717) is 13.1 Å². The van der Waals surface area contributed by atoms with Crippen molar-refractivity contribution in [2.45, 2.75) is 63.6 Å². The third-order valence-electron chi connectivity index (χ3n) is 8.37. The molecule has 1 aromatic carbocycles. The van der Waals surface area contributed by atoms with Crippen LogP contribution in [0.1, 0.15) is 38.4 Å². The number of nitrogens with one attached hydrogen (secondary N) is 2. The fourth-order valence-electron chi connectivity index (χ4n) is 5.81. The molecule has 0 bridgehead atoms. The highest BCUT2D eigenvalue weighted by Gasteiger charge is 2.45. The number of carbonyl (C=O) groups is 3. The van der Waals surface area contributed by atoms with E-state index >= 15 is 0 Å². The Balaban J connectivity index is 1.35. The van der Waals surface area contributed by atoms with Gasteiger partial charge in [-0.3, -0.25) is 24.2 Å². The number of thiazole rings is 1. The number of nitrogens with two attached hydrogens (primary N) is 1. The number of hydrogen-bond donors (Lipinski definition) is 4. The van der Waals surface area contributed by atoms with Gasteiger partial charge in [0, 0.05) is 82.7 Å². The van der Waals surface area contributed by atoms with Crippen LogP contribution in [0.4, 0.5) is 0 Å². The second-order valence-electron chi connectivity index (χ2n) is 12.1. The van der Waals surface area contributed by atoms with Crippen molar-refractivity contribution in [2.24, 2.45) is 5.73 Å². The molecule has 5 N–H and O–H groups in total. The first kappa shape index (κ1) is 34.3. The fraction of sp³-hybridized carbons (Fsp3) is 0.613. The molecule has 11 nitrogen and oxygen atoms in total. The van der Waals surface area contributed by atoms with Crippen LogP contribution < -0.4 is 16.4 Å². The number of nitrogens with zero attached hydrogens (tertiary/aromatic N) is 4. The van der Waals surface area contributed by atoms with E-state index in [0.717, 1.165) is 66.7 Å². The van der Waals surface area contributed by atoms with E-state index in [4.69, 9.17) is 5.73 Å². The highest BCUT2D eigenvalue weighted by atomic mass is 32.2. The van der Waals surface area contributed by atoms with Gasteiger partial charge in [-0.25, -0.2) is 4.98 Å². The molecule has 3 atom stereocenters. The highest BCUT2D eigenvalue weighted by molar-refractivity contribution is 8.00. The molecule has 2 aliphatic rings. The van der Waals surface area contributed by atoms with Gasteiger partial charge >= 0.3 is 0 Å². The van der Waals surface area contributed by atoms with Gasteiger partial charge in [0.25, 0.3) is 0 Å². The molecule has 242 valence electrons. The topological polar surface area (TPSA) is 144 Å². The summed E-state index contributed by atoms with van der Waals surface area (Å²) < 4.78 is -0.642. The molecule has 1 aromatic heterocycles. The molecule has 13 heteroatoms. The summed E-state index contributed by atoms with van der Waals surface area (Å²) in [6.07, 6.45) is -0.666. The van der Waals surface area contributed by atoms with Crippen molar-refractivity contribution in [3.8, 4) is 10.4 Å². The SMILES string of the molecule is CC(=O)N[C@H](C(=O)N1C[C@H](O)C[C@H]1C(=O)NCc1ccc(-c2scnc2C)cc1)C(C)(C)SCCN1CCN(CCN)CC1. The second kappa shape index (κ2) is 15.6. The van der Waals surface area contributed by atoms with E-state index in [-0.39, 0.29) is 30.7 Å². The first-order valence-electron chi connectivity index (χ1n) is 15.3. The van der Waals surface area contributed by atoms with Crippen LogP contribution in [-0.2, 0) is 20.9 Å². The summed E-state index contributed by atoms with van der Waals surface area (Å²) in [5.74, 6) is -0.195. The summed E-state index contributed by atoms with van der Waals surface area (Å²) in [5.41, 5.74) is 10.5. The number of β-amino-alcohol motifs (C(OH)–C–C–N with tert-alkyl or cyclic N) is 1. The number of aliphatic hydroxyl groups is 1. The maximum atomic E-state index is 14.0. The Morgan fingerprint density at radius 3 is 2.39 bits per heavy atom. The molecule has 2 aliphatic heterocycles. The molecule has 0 radical (unpaired) electrons. The van der Waals surface area contributed by atoms with Crippen LogP contribution >= 0.6 is 23.1 Å². The van der Waals surface area contributed by atoms with Gasteiger partial charge in [-0.1, -0.05) is 24.3 Å². The number of aryl methyl sites for hydroxylation is 1. The van der Waals surface area contributed by atoms with Gasteiger partial charge < -0.3 is 26.4 Å². The molecule has 0 spiro atoms. The zero-order valence-electron chi connectivity index (χ0n) is 26.3. The number of thioether (sulfide) groups is 1. The normalized spacial score (nSPS) is 20.5. The van der Waals surface area contributed by atoms with Crippen molar-refractivity contribution in [2.75, 3.05) is 58.1 Å². The zero-order valence-corrected chi connectivity index (χ0v) is 27.9. The number of aromatic nitrogens is 1. The minimum absolute atomic E-state index is 0.0454. The van der Waals surface area contributed by atoms with Crippen molar-refractivity contribution >= 4 is 40.8 Å². The Kier molecular flexibility index (Phi) is 12.2. The molecule has 0 unspecified atom stereocenters. The number of aliphatic hydroxyl groups excluding tert-OH is 1. The van der Waals surface area contributed by atoms with Crippen LogP contribution in [0.2, 0.25) is 0 Å². The molecule has 4 rings (SSSR count). The predicted octanol–water partition coefficient (Wildman–Crippen LogP) is 1.29. The quantitative estimate of drug-likeness (QED) is 0.253. The smallest absolute Gasteiger partial charge is 0.247 e. The molecule has 0 saturated carbocycles.